The van der Waals surface area contributed by atoms with Crippen molar-refractivity contribution in [2.45, 2.75) is 24.8 Å². The van der Waals surface area contributed by atoms with Crippen LogP contribution in [0.5, 0.6) is 0 Å². The minimum absolute atomic E-state index is 0.219. The predicted octanol–water partition coefficient (Wildman–Crippen LogP) is 3.94. The Kier molecular flexibility index (Phi) is 6.09. The quantitative estimate of drug-likeness (QED) is 0.475. The van der Waals surface area contributed by atoms with Gasteiger partial charge in [-0.1, -0.05) is 30.0 Å². The molecule has 0 aliphatic heterocycles. The summed E-state index contributed by atoms with van der Waals surface area (Å²) in [6.07, 6.45) is 9.31. The maximum Gasteiger partial charge on any atom is 0.187 e. The number of hydrogen-bond acceptors (Lipinski definition) is 5. The van der Waals surface area contributed by atoms with Crippen molar-refractivity contribution in [1.82, 2.24) is 19.9 Å². The third-order valence-corrected chi connectivity index (χ3v) is 4.29. The molecule has 2 heterocycles. The minimum atomic E-state index is -0.219. The molecule has 0 aliphatic rings. The molecule has 0 aliphatic carbocycles. The second kappa shape index (κ2) is 8.69. The fraction of sp³-hybridized carbons (Fsp3) is 0.211. The van der Waals surface area contributed by atoms with Crippen LogP contribution < -0.4 is 0 Å². The van der Waals surface area contributed by atoms with Crippen LogP contribution in [0.4, 0.5) is 4.39 Å². The third kappa shape index (κ3) is 5.34. The van der Waals surface area contributed by atoms with Crippen LogP contribution >= 0.6 is 11.8 Å². The molecule has 0 unspecified atom stereocenters. The normalized spacial score (nSPS) is 11.0. The summed E-state index contributed by atoms with van der Waals surface area (Å²) >= 11 is 1.52. The van der Waals surface area contributed by atoms with Gasteiger partial charge in [0.15, 0.2) is 5.16 Å². The Bertz CT molecular complexity index is 779. The van der Waals surface area contributed by atoms with Crippen molar-refractivity contribution in [2.24, 2.45) is 0 Å². The molecule has 0 amide bonds. The molecule has 0 radical (unpaired) electrons. The second-order valence-electron chi connectivity index (χ2n) is 5.71. The topological polar surface area (TPSA) is 41.9 Å². The molecule has 6 heteroatoms. The van der Waals surface area contributed by atoms with Crippen LogP contribution in [0.3, 0.4) is 0 Å². The molecule has 0 spiro atoms. The van der Waals surface area contributed by atoms with Crippen LogP contribution in [0, 0.1) is 5.82 Å². The first-order valence-corrected chi connectivity index (χ1v) is 9.16. The van der Waals surface area contributed by atoms with Crippen molar-refractivity contribution < 1.29 is 4.39 Å². The van der Waals surface area contributed by atoms with Crippen LogP contribution in [0.25, 0.3) is 0 Å². The molecule has 3 rings (SSSR count). The number of pyridine rings is 1. The summed E-state index contributed by atoms with van der Waals surface area (Å²) in [6, 6.07) is 10.6. The zero-order chi connectivity index (χ0) is 17.5. The van der Waals surface area contributed by atoms with Crippen molar-refractivity contribution in [3.8, 4) is 0 Å². The average Bonchev–Trinajstić information content (AvgIpc) is 2.65. The summed E-state index contributed by atoms with van der Waals surface area (Å²) in [4.78, 5) is 15.1. The van der Waals surface area contributed by atoms with E-state index < -0.39 is 0 Å². The number of benzene rings is 1. The van der Waals surface area contributed by atoms with Gasteiger partial charge < -0.3 is 0 Å². The van der Waals surface area contributed by atoms with E-state index in [-0.39, 0.29) is 5.82 Å². The van der Waals surface area contributed by atoms with Gasteiger partial charge in [-0.2, -0.15) is 0 Å². The number of halogens is 1. The molecule has 0 bridgehead atoms. The average molecular weight is 354 g/mol. The van der Waals surface area contributed by atoms with Gasteiger partial charge in [-0.25, -0.2) is 14.4 Å². The van der Waals surface area contributed by atoms with E-state index in [0.29, 0.717) is 13.1 Å². The summed E-state index contributed by atoms with van der Waals surface area (Å²) < 4.78 is 13.1. The van der Waals surface area contributed by atoms with Gasteiger partial charge in [-0.3, -0.25) is 9.88 Å². The molecule has 4 nitrogen and oxygen atoms in total. The summed E-state index contributed by atoms with van der Waals surface area (Å²) in [5.74, 6) is -0.219. The Hall–Kier alpha value is -2.31. The highest BCUT2D eigenvalue weighted by atomic mass is 32.2. The van der Waals surface area contributed by atoms with Crippen LogP contribution in [0.2, 0.25) is 0 Å². The summed E-state index contributed by atoms with van der Waals surface area (Å²) in [6.45, 7) is 2.16. The Morgan fingerprint density at radius 1 is 0.880 bits per heavy atom. The smallest absolute Gasteiger partial charge is 0.187 e. The van der Waals surface area contributed by atoms with Crippen molar-refractivity contribution >= 4 is 11.8 Å². The Labute approximate surface area is 151 Å². The highest BCUT2D eigenvalue weighted by molar-refractivity contribution is 7.98. The number of hydrogen-bond donors (Lipinski definition) is 0. The molecule has 25 heavy (non-hydrogen) atoms. The van der Waals surface area contributed by atoms with Crippen molar-refractivity contribution in [2.75, 3.05) is 6.26 Å². The Morgan fingerprint density at radius 3 is 2.20 bits per heavy atom. The SMILES string of the molecule is CSc1ncc(CN(Cc2ccc(F)cc2)Cc2cccnc2)cn1. The first kappa shape index (κ1) is 17.5. The van der Waals surface area contributed by atoms with Crippen molar-refractivity contribution in [3.63, 3.8) is 0 Å². The molecule has 0 N–H and O–H groups in total. The molecular formula is C19H19FN4S. The van der Waals surface area contributed by atoms with E-state index in [2.05, 4.69) is 25.9 Å². The third-order valence-electron chi connectivity index (χ3n) is 3.72. The van der Waals surface area contributed by atoms with E-state index in [1.54, 1.807) is 6.20 Å². The van der Waals surface area contributed by atoms with Gasteiger partial charge in [0.1, 0.15) is 5.82 Å². The van der Waals surface area contributed by atoms with Gasteiger partial charge in [0.05, 0.1) is 0 Å². The Balaban J connectivity index is 1.76. The lowest BCUT2D eigenvalue weighted by Crippen LogP contribution is -2.22. The van der Waals surface area contributed by atoms with E-state index in [4.69, 9.17) is 0 Å². The van der Waals surface area contributed by atoms with E-state index >= 15 is 0 Å². The van der Waals surface area contributed by atoms with Gasteiger partial charge in [0.25, 0.3) is 0 Å². The molecule has 2 aromatic heterocycles. The maximum absolute atomic E-state index is 13.1. The largest absolute Gasteiger partial charge is 0.290 e. The molecule has 128 valence electrons. The fourth-order valence-corrected chi connectivity index (χ4v) is 2.87. The molecule has 0 saturated heterocycles. The number of rotatable bonds is 7. The molecule has 0 saturated carbocycles. The molecule has 1 aromatic carbocycles. The first-order chi connectivity index (χ1) is 12.2. The zero-order valence-electron chi connectivity index (χ0n) is 14.0. The van der Waals surface area contributed by atoms with E-state index in [1.807, 2.05) is 43.0 Å². The number of aromatic nitrogens is 3. The molecule has 0 atom stereocenters. The molecular weight excluding hydrogens is 335 g/mol. The van der Waals surface area contributed by atoms with Gasteiger partial charge in [-0.15, -0.1) is 0 Å². The fourth-order valence-electron chi connectivity index (χ4n) is 2.55. The van der Waals surface area contributed by atoms with Crippen LogP contribution in [0.1, 0.15) is 16.7 Å². The lowest BCUT2D eigenvalue weighted by molar-refractivity contribution is 0.246. The first-order valence-electron chi connectivity index (χ1n) is 7.93. The van der Waals surface area contributed by atoms with Crippen molar-refractivity contribution in [1.29, 1.82) is 0 Å². The number of thioether (sulfide) groups is 1. The van der Waals surface area contributed by atoms with Gasteiger partial charge >= 0.3 is 0 Å². The summed E-state index contributed by atoms with van der Waals surface area (Å²) in [5, 5.41) is 0.765. The minimum Gasteiger partial charge on any atom is -0.290 e. The number of nitrogens with zero attached hydrogens (tertiary/aromatic N) is 4. The Morgan fingerprint density at radius 2 is 1.56 bits per heavy atom. The van der Waals surface area contributed by atoms with Gasteiger partial charge in [0, 0.05) is 50.0 Å². The van der Waals surface area contributed by atoms with Crippen LogP contribution in [-0.4, -0.2) is 26.1 Å². The molecule has 3 aromatic rings. The van der Waals surface area contributed by atoms with Crippen LogP contribution in [0.15, 0.2) is 66.3 Å². The highest BCUT2D eigenvalue weighted by Gasteiger charge is 2.10. The maximum atomic E-state index is 13.1. The highest BCUT2D eigenvalue weighted by Crippen LogP contribution is 2.15. The van der Waals surface area contributed by atoms with Crippen LogP contribution in [-0.2, 0) is 19.6 Å². The van der Waals surface area contributed by atoms with E-state index in [9.17, 15) is 4.39 Å². The summed E-state index contributed by atoms with van der Waals surface area (Å²) in [5.41, 5.74) is 3.24. The standard InChI is InChI=1S/C19H19FN4S/c1-25-19-22-10-17(11-23-19)14-24(13-16-3-2-8-21-9-16)12-15-4-6-18(20)7-5-15/h2-11H,12-14H2,1H3. The lowest BCUT2D eigenvalue weighted by atomic mass is 10.1. The summed E-state index contributed by atoms with van der Waals surface area (Å²) in [7, 11) is 0. The predicted molar refractivity (Wildman–Crippen MR) is 97.4 cm³/mol. The monoisotopic (exact) mass is 354 g/mol. The molecule has 0 fully saturated rings. The van der Waals surface area contributed by atoms with Crippen molar-refractivity contribution in [3.05, 3.63) is 83.7 Å². The lowest BCUT2D eigenvalue weighted by Gasteiger charge is -2.22. The zero-order valence-corrected chi connectivity index (χ0v) is 14.8. The second-order valence-corrected chi connectivity index (χ2v) is 6.48. The van der Waals surface area contributed by atoms with Gasteiger partial charge in [0.2, 0.25) is 0 Å². The van der Waals surface area contributed by atoms with E-state index in [0.717, 1.165) is 28.4 Å². The van der Waals surface area contributed by atoms with Gasteiger partial charge in [-0.05, 0) is 35.6 Å². The van der Waals surface area contributed by atoms with E-state index in [1.165, 1.54) is 23.9 Å².